The Labute approximate surface area is 190 Å². The van der Waals surface area contributed by atoms with Crippen LogP contribution in [0.15, 0.2) is 109 Å². The van der Waals surface area contributed by atoms with Gasteiger partial charge in [-0.15, -0.1) is 0 Å². The van der Waals surface area contributed by atoms with Crippen LogP contribution in [0.3, 0.4) is 0 Å². The zero-order valence-corrected chi connectivity index (χ0v) is 17.5. The molecule has 6 nitrogen and oxygen atoms in total. The third kappa shape index (κ3) is 6.63. The van der Waals surface area contributed by atoms with E-state index in [0.29, 0.717) is 5.56 Å². The van der Waals surface area contributed by atoms with Crippen LogP contribution in [0, 0.1) is 0 Å². The molecule has 0 aromatic heterocycles. The van der Waals surface area contributed by atoms with Gasteiger partial charge in [-0.3, -0.25) is 4.79 Å². The van der Waals surface area contributed by atoms with Crippen LogP contribution >= 0.6 is 0 Å². The van der Waals surface area contributed by atoms with Crippen molar-refractivity contribution in [2.75, 3.05) is 5.32 Å². The SMILES string of the molecule is O=C(Nc1ccccc1)c1ccc(-c2ccccc2)cc1.O=C(O)c1ccc(C(=O)O)cc1. The maximum Gasteiger partial charge on any atom is 0.335 e. The van der Waals surface area contributed by atoms with Gasteiger partial charge < -0.3 is 15.5 Å². The van der Waals surface area contributed by atoms with E-state index in [9.17, 15) is 14.4 Å². The first-order chi connectivity index (χ1) is 15.9. The molecule has 6 heteroatoms. The monoisotopic (exact) mass is 439 g/mol. The van der Waals surface area contributed by atoms with Crippen LogP contribution in [0.2, 0.25) is 0 Å². The van der Waals surface area contributed by atoms with E-state index >= 15 is 0 Å². The fourth-order valence-corrected chi connectivity index (χ4v) is 2.92. The van der Waals surface area contributed by atoms with E-state index in [4.69, 9.17) is 10.2 Å². The molecule has 4 aromatic carbocycles. The van der Waals surface area contributed by atoms with Gasteiger partial charge in [-0.1, -0.05) is 60.7 Å². The summed E-state index contributed by atoms with van der Waals surface area (Å²) in [5.41, 5.74) is 3.87. The number of carboxylic acids is 2. The summed E-state index contributed by atoms with van der Waals surface area (Å²) in [7, 11) is 0. The first-order valence-electron chi connectivity index (χ1n) is 10.0. The van der Waals surface area contributed by atoms with Crippen LogP contribution in [-0.2, 0) is 0 Å². The minimum atomic E-state index is -1.06. The number of hydrogen-bond acceptors (Lipinski definition) is 3. The zero-order chi connectivity index (χ0) is 23.6. The van der Waals surface area contributed by atoms with Crippen LogP contribution in [0.5, 0.6) is 0 Å². The van der Waals surface area contributed by atoms with Crippen LogP contribution in [0.4, 0.5) is 5.69 Å². The van der Waals surface area contributed by atoms with Crippen molar-refractivity contribution in [3.63, 3.8) is 0 Å². The minimum absolute atomic E-state index is 0.0833. The van der Waals surface area contributed by atoms with Crippen molar-refractivity contribution in [3.8, 4) is 11.1 Å². The fraction of sp³-hybridized carbons (Fsp3) is 0. The van der Waals surface area contributed by atoms with Gasteiger partial charge in [0.1, 0.15) is 0 Å². The predicted octanol–water partition coefficient (Wildman–Crippen LogP) is 5.69. The van der Waals surface area contributed by atoms with E-state index in [1.165, 1.54) is 24.3 Å². The first kappa shape index (κ1) is 23.0. The van der Waals surface area contributed by atoms with E-state index < -0.39 is 11.9 Å². The van der Waals surface area contributed by atoms with Gasteiger partial charge >= 0.3 is 11.9 Å². The van der Waals surface area contributed by atoms with Crippen molar-refractivity contribution < 1.29 is 24.6 Å². The van der Waals surface area contributed by atoms with Gasteiger partial charge in [-0.05, 0) is 59.7 Å². The number of hydrogen-bond donors (Lipinski definition) is 3. The summed E-state index contributed by atoms with van der Waals surface area (Å²) in [6.07, 6.45) is 0. The highest BCUT2D eigenvalue weighted by Gasteiger charge is 2.06. The summed E-state index contributed by atoms with van der Waals surface area (Å²) in [4.78, 5) is 32.8. The highest BCUT2D eigenvalue weighted by molar-refractivity contribution is 6.04. The van der Waals surface area contributed by atoms with Crippen molar-refractivity contribution >= 4 is 23.5 Å². The number of benzene rings is 4. The van der Waals surface area contributed by atoms with E-state index in [-0.39, 0.29) is 17.0 Å². The molecular weight excluding hydrogens is 418 g/mol. The Hall–Kier alpha value is -4.71. The fourth-order valence-electron chi connectivity index (χ4n) is 2.92. The molecular formula is C27H21NO5. The largest absolute Gasteiger partial charge is 0.478 e. The predicted molar refractivity (Wildman–Crippen MR) is 127 cm³/mol. The van der Waals surface area contributed by atoms with Gasteiger partial charge in [0.2, 0.25) is 0 Å². The molecule has 4 aromatic rings. The number of carboxylic acid groups (broad SMARTS) is 2. The molecule has 164 valence electrons. The molecule has 0 aliphatic rings. The van der Waals surface area contributed by atoms with Gasteiger partial charge in [-0.25, -0.2) is 9.59 Å². The topological polar surface area (TPSA) is 104 Å². The van der Waals surface area contributed by atoms with Crippen molar-refractivity contribution in [1.29, 1.82) is 0 Å². The normalized spacial score (nSPS) is 9.82. The lowest BCUT2D eigenvalue weighted by Crippen LogP contribution is -2.11. The smallest absolute Gasteiger partial charge is 0.335 e. The number of amides is 1. The Morgan fingerprint density at radius 2 is 0.879 bits per heavy atom. The highest BCUT2D eigenvalue weighted by Crippen LogP contribution is 2.19. The molecule has 0 heterocycles. The Kier molecular flexibility index (Phi) is 7.70. The van der Waals surface area contributed by atoms with Gasteiger partial charge in [0.05, 0.1) is 11.1 Å². The van der Waals surface area contributed by atoms with Gasteiger partial charge in [0, 0.05) is 11.3 Å². The number of aromatic carboxylic acids is 2. The number of rotatable bonds is 5. The van der Waals surface area contributed by atoms with Crippen LogP contribution in [-0.4, -0.2) is 28.1 Å². The summed E-state index contributed by atoms with van der Waals surface area (Å²) in [5.74, 6) is -2.22. The second-order valence-corrected chi connectivity index (χ2v) is 6.95. The van der Waals surface area contributed by atoms with Crippen LogP contribution < -0.4 is 5.32 Å². The number of carbonyl (C=O) groups excluding carboxylic acids is 1. The molecule has 4 rings (SSSR count). The van der Waals surface area contributed by atoms with Crippen LogP contribution in [0.1, 0.15) is 31.1 Å². The molecule has 0 spiro atoms. The Bertz CT molecular complexity index is 1190. The van der Waals surface area contributed by atoms with E-state index in [2.05, 4.69) is 17.4 Å². The Morgan fingerprint density at radius 1 is 0.485 bits per heavy atom. The molecule has 0 fully saturated rings. The maximum atomic E-state index is 12.2. The van der Waals surface area contributed by atoms with Gasteiger partial charge in [0.25, 0.3) is 5.91 Å². The molecule has 0 aliphatic carbocycles. The van der Waals surface area contributed by atoms with Gasteiger partial charge in [0.15, 0.2) is 0 Å². The minimum Gasteiger partial charge on any atom is -0.478 e. The maximum absolute atomic E-state index is 12.2. The number of nitrogens with one attached hydrogen (secondary N) is 1. The molecule has 1 amide bonds. The van der Waals surface area contributed by atoms with E-state index in [1.54, 1.807) is 0 Å². The lowest BCUT2D eigenvalue weighted by molar-refractivity contribution is 0.0681. The van der Waals surface area contributed by atoms with Crippen molar-refractivity contribution in [2.24, 2.45) is 0 Å². The van der Waals surface area contributed by atoms with Crippen molar-refractivity contribution in [1.82, 2.24) is 0 Å². The second kappa shape index (κ2) is 11.1. The molecule has 0 atom stereocenters. The standard InChI is InChI=1S/C19H15NO.C8H6O4/c21-19(20-18-9-5-2-6-10-18)17-13-11-16(12-14-17)15-7-3-1-4-8-15;9-7(10)5-1-2-6(4-3-5)8(11)12/h1-14H,(H,20,21);1-4H,(H,9,10)(H,11,12). The molecule has 0 saturated carbocycles. The summed E-state index contributed by atoms with van der Waals surface area (Å²) in [6.45, 7) is 0. The quantitative estimate of drug-likeness (QED) is 0.371. The molecule has 0 bridgehead atoms. The Balaban J connectivity index is 0.000000218. The summed E-state index contributed by atoms with van der Waals surface area (Å²) in [5, 5.41) is 19.8. The molecule has 0 unspecified atom stereocenters. The molecule has 0 radical (unpaired) electrons. The average Bonchev–Trinajstić information content (AvgIpc) is 2.86. The first-order valence-corrected chi connectivity index (χ1v) is 10.0. The third-order valence-electron chi connectivity index (χ3n) is 4.66. The van der Waals surface area contributed by atoms with Crippen molar-refractivity contribution in [3.05, 3.63) is 126 Å². The number of para-hydroxylation sites is 1. The van der Waals surface area contributed by atoms with Gasteiger partial charge in [-0.2, -0.15) is 0 Å². The lowest BCUT2D eigenvalue weighted by atomic mass is 10.0. The molecule has 0 aliphatic heterocycles. The Morgan fingerprint density at radius 3 is 1.33 bits per heavy atom. The summed E-state index contributed by atoms with van der Waals surface area (Å²) < 4.78 is 0. The molecule has 3 N–H and O–H groups in total. The second-order valence-electron chi connectivity index (χ2n) is 6.95. The molecule has 0 saturated heterocycles. The van der Waals surface area contributed by atoms with Crippen LogP contribution in [0.25, 0.3) is 11.1 Å². The number of carbonyl (C=O) groups is 3. The van der Waals surface area contributed by atoms with Crippen molar-refractivity contribution in [2.45, 2.75) is 0 Å². The van der Waals surface area contributed by atoms with E-state index in [1.807, 2.05) is 72.8 Å². The summed E-state index contributed by atoms with van der Waals surface area (Å²) >= 11 is 0. The lowest BCUT2D eigenvalue weighted by Gasteiger charge is -2.06. The molecule has 33 heavy (non-hydrogen) atoms. The number of anilines is 1. The third-order valence-corrected chi connectivity index (χ3v) is 4.66. The summed E-state index contributed by atoms with van der Waals surface area (Å²) in [6, 6.07) is 32.2. The highest BCUT2D eigenvalue weighted by atomic mass is 16.4. The average molecular weight is 439 g/mol. The zero-order valence-electron chi connectivity index (χ0n) is 17.5. The van der Waals surface area contributed by atoms with E-state index in [0.717, 1.165) is 16.8 Å².